The standard InChI is InChI=1S/C24H32N2O/c1-17-7-8-22(19(3)14-17)15-24(27)25-20(4)21-9-11-23(12-10-21)26-13-5-6-18(2)16-26/h7-12,14,18,20H,5-6,13,15-16H2,1-4H3,(H,25,27)/t18-,20+/m1/s1. The van der Waals surface area contributed by atoms with Crippen molar-refractivity contribution in [3.8, 4) is 0 Å². The fourth-order valence-corrected chi connectivity index (χ4v) is 3.99. The molecule has 3 heteroatoms. The molecular weight excluding hydrogens is 332 g/mol. The number of amides is 1. The second kappa shape index (κ2) is 8.60. The number of nitrogens with one attached hydrogen (secondary N) is 1. The van der Waals surface area contributed by atoms with Gasteiger partial charge in [0.15, 0.2) is 0 Å². The van der Waals surface area contributed by atoms with Crippen molar-refractivity contribution in [2.24, 2.45) is 5.92 Å². The summed E-state index contributed by atoms with van der Waals surface area (Å²) in [6.45, 7) is 10.8. The van der Waals surface area contributed by atoms with Gasteiger partial charge in [0.1, 0.15) is 0 Å². The highest BCUT2D eigenvalue weighted by Gasteiger charge is 2.17. The number of carbonyl (C=O) groups excluding carboxylic acids is 1. The second-order valence-electron chi connectivity index (χ2n) is 8.18. The Hall–Kier alpha value is -2.29. The summed E-state index contributed by atoms with van der Waals surface area (Å²) in [5.74, 6) is 0.838. The molecule has 0 unspecified atom stereocenters. The lowest BCUT2D eigenvalue weighted by Gasteiger charge is -2.33. The van der Waals surface area contributed by atoms with Crippen LogP contribution in [0.2, 0.25) is 0 Å². The van der Waals surface area contributed by atoms with Gasteiger partial charge in [-0.05, 0) is 68.4 Å². The van der Waals surface area contributed by atoms with Crippen LogP contribution in [0.25, 0.3) is 0 Å². The molecule has 0 aliphatic carbocycles. The summed E-state index contributed by atoms with van der Waals surface area (Å²) in [6, 6.07) is 15.0. The normalized spacial score (nSPS) is 18.2. The molecule has 1 N–H and O–H groups in total. The number of anilines is 1. The Balaban J connectivity index is 1.58. The number of nitrogens with zero attached hydrogens (tertiary/aromatic N) is 1. The smallest absolute Gasteiger partial charge is 0.224 e. The topological polar surface area (TPSA) is 32.3 Å². The number of benzene rings is 2. The Labute approximate surface area is 163 Å². The van der Waals surface area contributed by atoms with Crippen molar-refractivity contribution >= 4 is 11.6 Å². The van der Waals surface area contributed by atoms with Crippen molar-refractivity contribution in [3.05, 3.63) is 64.7 Å². The van der Waals surface area contributed by atoms with Crippen molar-refractivity contribution in [2.75, 3.05) is 18.0 Å². The lowest BCUT2D eigenvalue weighted by atomic mass is 9.99. The van der Waals surface area contributed by atoms with Crippen molar-refractivity contribution in [1.29, 1.82) is 0 Å². The van der Waals surface area contributed by atoms with E-state index in [4.69, 9.17) is 0 Å². The van der Waals surface area contributed by atoms with Crippen molar-refractivity contribution < 1.29 is 4.79 Å². The van der Waals surface area contributed by atoms with Crippen LogP contribution in [0.4, 0.5) is 5.69 Å². The van der Waals surface area contributed by atoms with Crippen LogP contribution >= 0.6 is 0 Å². The molecule has 3 nitrogen and oxygen atoms in total. The van der Waals surface area contributed by atoms with Crippen LogP contribution in [-0.2, 0) is 11.2 Å². The first-order valence-corrected chi connectivity index (χ1v) is 10.1. The monoisotopic (exact) mass is 364 g/mol. The van der Waals surface area contributed by atoms with Crippen LogP contribution in [0.5, 0.6) is 0 Å². The first kappa shape index (κ1) is 19.5. The molecule has 0 radical (unpaired) electrons. The molecule has 2 atom stereocenters. The zero-order chi connectivity index (χ0) is 19.4. The molecule has 0 spiro atoms. The summed E-state index contributed by atoms with van der Waals surface area (Å²) < 4.78 is 0. The molecule has 144 valence electrons. The largest absolute Gasteiger partial charge is 0.371 e. The number of piperidine rings is 1. The summed E-state index contributed by atoms with van der Waals surface area (Å²) in [4.78, 5) is 14.9. The van der Waals surface area contributed by atoms with Gasteiger partial charge in [-0.15, -0.1) is 0 Å². The SMILES string of the molecule is Cc1ccc(CC(=O)N[C@@H](C)c2ccc(N3CCC[C@@H](C)C3)cc2)c(C)c1. The predicted molar refractivity (Wildman–Crippen MR) is 113 cm³/mol. The maximum Gasteiger partial charge on any atom is 0.224 e. The van der Waals surface area contributed by atoms with E-state index in [2.05, 4.69) is 80.4 Å². The van der Waals surface area contributed by atoms with Crippen molar-refractivity contribution in [3.63, 3.8) is 0 Å². The molecule has 0 saturated carbocycles. The molecule has 2 aromatic rings. The third-order valence-electron chi connectivity index (χ3n) is 5.64. The minimum absolute atomic E-state index is 0.0117. The number of rotatable bonds is 5. The quantitative estimate of drug-likeness (QED) is 0.813. The van der Waals surface area contributed by atoms with Gasteiger partial charge in [-0.2, -0.15) is 0 Å². The van der Waals surface area contributed by atoms with E-state index >= 15 is 0 Å². The molecule has 1 aliphatic rings. The summed E-state index contributed by atoms with van der Waals surface area (Å²) in [6.07, 6.45) is 3.03. The summed E-state index contributed by atoms with van der Waals surface area (Å²) in [5, 5.41) is 3.14. The van der Waals surface area contributed by atoms with Gasteiger partial charge in [-0.25, -0.2) is 0 Å². The zero-order valence-electron chi connectivity index (χ0n) is 17.1. The highest BCUT2D eigenvalue weighted by Crippen LogP contribution is 2.24. The molecule has 1 amide bonds. The van der Waals surface area contributed by atoms with Gasteiger partial charge in [0.05, 0.1) is 12.5 Å². The Kier molecular flexibility index (Phi) is 6.20. The maximum atomic E-state index is 12.5. The fourth-order valence-electron chi connectivity index (χ4n) is 3.99. The number of hydrogen-bond donors (Lipinski definition) is 1. The van der Waals surface area contributed by atoms with Gasteiger partial charge in [0.2, 0.25) is 5.91 Å². The van der Waals surface area contributed by atoms with Gasteiger partial charge in [0.25, 0.3) is 0 Å². The third kappa shape index (κ3) is 5.12. The summed E-state index contributed by atoms with van der Waals surface area (Å²) >= 11 is 0. The highest BCUT2D eigenvalue weighted by molar-refractivity contribution is 5.79. The van der Waals surface area contributed by atoms with E-state index in [1.54, 1.807) is 0 Å². The van der Waals surface area contributed by atoms with Crippen LogP contribution in [0.3, 0.4) is 0 Å². The lowest BCUT2D eigenvalue weighted by Crippen LogP contribution is -2.34. The zero-order valence-corrected chi connectivity index (χ0v) is 17.1. The van der Waals surface area contributed by atoms with E-state index in [-0.39, 0.29) is 11.9 Å². The van der Waals surface area contributed by atoms with Gasteiger partial charge in [-0.1, -0.05) is 42.8 Å². The minimum Gasteiger partial charge on any atom is -0.371 e. The van der Waals surface area contributed by atoms with Crippen LogP contribution in [-0.4, -0.2) is 19.0 Å². The van der Waals surface area contributed by atoms with Gasteiger partial charge >= 0.3 is 0 Å². The average molecular weight is 365 g/mol. The first-order chi connectivity index (χ1) is 12.9. The highest BCUT2D eigenvalue weighted by atomic mass is 16.1. The van der Waals surface area contributed by atoms with E-state index in [9.17, 15) is 4.79 Å². The molecular formula is C24H32N2O. The van der Waals surface area contributed by atoms with E-state index in [1.165, 1.54) is 29.7 Å². The molecule has 0 bridgehead atoms. The Morgan fingerprint density at radius 2 is 1.93 bits per heavy atom. The molecule has 1 fully saturated rings. The average Bonchev–Trinajstić information content (AvgIpc) is 2.64. The van der Waals surface area contributed by atoms with Crippen LogP contribution < -0.4 is 10.2 Å². The number of hydrogen-bond acceptors (Lipinski definition) is 2. The summed E-state index contributed by atoms with van der Waals surface area (Å²) in [7, 11) is 0. The maximum absolute atomic E-state index is 12.5. The number of carbonyl (C=O) groups is 1. The minimum atomic E-state index is 0.0117. The first-order valence-electron chi connectivity index (χ1n) is 10.1. The molecule has 1 heterocycles. The Morgan fingerprint density at radius 3 is 2.59 bits per heavy atom. The van der Waals surface area contributed by atoms with E-state index < -0.39 is 0 Å². The molecule has 2 aromatic carbocycles. The Bertz CT molecular complexity index is 781. The molecule has 0 aromatic heterocycles. The van der Waals surface area contributed by atoms with Crippen molar-refractivity contribution in [2.45, 2.75) is 53.0 Å². The van der Waals surface area contributed by atoms with Gasteiger partial charge < -0.3 is 10.2 Å². The fraction of sp³-hybridized carbons (Fsp3) is 0.458. The Morgan fingerprint density at radius 1 is 1.19 bits per heavy atom. The van der Waals surface area contributed by atoms with Crippen LogP contribution in [0, 0.1) is 19.8 Å². The van der Waals surface area contributed by atoms with Crippen LogP contribution in [0.15, 0.2) is 42.5 Å². The lowest BCUT2D eigenvalue weighted by molar-refractivity contribution is -0.121. The van der Waals surface area contributed by atoms with E-state index in [0.29, 0.717) is 6.42 Å². The molecule has 3 rings (SSSR count). The summed E-state index contributed by atoms with van der Waals surface area (Å²) in [5.41, 5.74) is 5.95. The van der Waals surface area contributed by atoms with Crippen molar-refractivity contribution in [1.82, 2.24) is 5.32 Å². The van der Waals surface area contributed by atoms with Crippen LogP contribution in [0.1, 0.15) is 55.0 Å². The van der Waals surface area contributed by atoms with E-state index in [1.807, 2.05) is 0 Å². The molecule has 27 heavy (non-hydrogen) atoms. The van der Waals surface area contributed by atoms with Gasteiger partial charge in [-0.3, -0.25) is 4.79 Å². The second-order valence-corrected chi connectivity index (χ2v) is 8.18. The third-order valence-corrected chi connectivity index (χ3v) is 5.64. The predicted octanol–water partition coefficient (Wildman–Crippen LogP) is 4.96. The van der Waals surface area contributed by atoms with E-state index in [0.717, 1.165) is 30.1 Å². The molecule has 1 aliphatic heterocycles. The van der Waals surface area contributed by atoms with Gasteiger partial charge in [0, 0.05) is 18.8 Å². The number of aryl methyl sites for hydroxylation is 2. The molecule has 1 saturated heterocycles.